The van der Waals surface area contributed by atoms with Crippen LogP contribution in [0.5, 0.6) is 0 Å². The summed E-state index contributed by atoms with van der Waals surface area (Å²) in [6.45, 7) is 3.36. The molecule has 0 aliphatic carbocycles. The van der Waals surface area contributed by atoms with E-state index in [1.807, 2.05) is 6.20 Å². The minimum absolute atomic E-state index is 0.484. The number of hydrogen-bond acceptors (Lipinski definition) is 4. The first-order valence-electron chi connectivity index (χ1n) is 7.13. The lowest BCUT2D eigenvalue weighted by molar-refractivity contribution is 0.218. The van der Waals surface area contributed by atoms with Gasteiger partial charge in [0.2, 0.25) is 0 Å². The van der Waals surface area contributed by atoms with E-state index < -0.39 is 0 Å². The smallest absolute Gasteiger partial charge is 0.0419 e. The molecular weight excluding hydrogens is 254 g/mol. The third-order valence-electron chi connectivity index (χ3n) is 4.00. The number of rotatable bonds is 5. The Morgan fingerprint density at radius 2 is 2.37 bits per heavy atom. The molecule has 0 bridgehead atoms. The van der Waals surface area contributed by atoms with Crippen LogP contribution >= 0.6 is 11.8 Å². The summed E-state index contributed by atoms with van der Waals surface area (Å²) in [4.78, 5) is 7.08. The summed E-state index contributed by atoms with van der Waals surface area (Å²) < 4.78 is 0. The maximum Gasteiger partial charge on any atom is 0.0419 e. The van der Waals surface area contributed by atoms with Crippen molar-refractivity contribution in [3.63, 3.8) is 0 Å². The topological polar surface area (TPSA) is 28.2 Å². The summed E-state index contributed by atoms with van der Waals surface area (Å²) in [5, 5.41) is 3.48. The molecule has 2 unspecified atom stereocenters. The molecule has 1 saturated heterocycles. The first-order chi connectivity index (χ1) is 9.24. The van der Waals surface area contributed by atoms with Gasteiger partial charge in [-0.2, -0.15) is 11.8 Å². The minimum Gasteiger partial charge on any atom is -0.315 e. The molecule has 1 aliphatic heterocycles. The minimum atomic E-state index is 0.484. The van der Waals surface area contributed by atoms with Crippen molar-refractivity contribution < 1.29 is 0 Å². The van der Waals surface area contributed by atoms with E-state index in [0.29, 0.717) is 12.1 Å². The Bertz CT molecular complexity index is 379. The molecule has 1 N–H and O–H groups in total. The highest BCUT2D eigenvalue weighted by Crippen LogP contribution is 2.19. The Kier molecular flexibility index (Phi) is 5.67. The summed E-state index contributed by atoms with van der Waals surface area (Å²) in [5.41, 5.74) is 2.51. The highest BCUT2D eigenvalue weighted by Gasteiger charge is 2.27. The molecular formula is C15H25N3S. The molecule has 4 heteroatoms. The van der Waals surface area contributed by atoms with Crippen molar-refractivity contribution in [1.82, 2.24) is 15.2 Å². The molecule has 1 fully saturated rings. The number of pyridine rings is 1. The van der Waals surface area contributed by atoms with E-state index >= 15 is 0 Å². The molecule has 106 valence electrons. The molecule has 0 aromatic carbocycles. The Labute approximate surface area is 121 Å². The average Bonchev–Trinajstić information content (AvgIpc) is 2.46. The van der Waals surface area contributed by atoms with E-state index in [1.165, 1.54) is 29.3 Å². The molecule has 2 rings (SSSR count). The van der Waals surface area contributed by atoms with Gasteiger partial charge in [0, 0.05) is 48.4 Å². The third kappa shape index (κ3) is 3.94. The van der Waals surface area contributed by atoms with Gasteiger partial charge >= 0.3 is 0 Å². The molecule has 0 radical (unpaired) electrons. The molecule has 0 spiro atoms. The van der Waals surface area contributed by atoms with Crippen molar-refractivity contribution in [3.8, 4) is 0 Å². The van der Waals surface area contributed by atoms with Gasteiger partial charge in [0.25, 0.3) is 0 Å². The molecule has 0 saturated carbocycles. The van der Waals surface area contributed by atoms with Crippen molar-refractivity contribution in [1.29, 1.82) is 0 Å². The molecule has 19 heavy (non-hydrogen) atoms. The molecule has 2 atom stereocenters. The first kappa shape index (κ1) is 14.8. The Morgan fingerprint density at radius 3 is 2.95 bits per heavy atom. The van der Waals surface area contributed by atoms with Crippen LogP contribution in [-0.4, -0.2) is 54.1 Å². The van der Waals surface area contributed by atoms with Gasteiger partial charge in [0.15, 0.2) is 0 Å². The number of hydrogen-bond donors (Lipinski definition) is 1. The monoisotopic (exact) mass is 279 g/mol. The number of likely N-dealkylation sites (N-methyl/N-ethyl adjacent to an activating group) is 2. The number of nitrogens with zero attached hydrogens (tertiary/aromatic N) is 2. The highest BCUT2D eigenvalue weighted by molar-refractivity contribution is 7.99. The predicted octanol–water partition coefficient (Wildman–Crippen LogP) is 1.82. The maximum absolute atomic E-state index is 4.59. The molecule has 0 amide bonds. The zero-order valence-electron chi connectivity index (χ0n) is 12.2. The fourth-order valence-electron chi connectivity index (χ4n) is 2.57. The summed E-state index contributed by atoms with van der Waals surface area (Å²) in [6, 6.07) is 5.47. The van der Waals surface area contributed by atoms with Crippen LogP contribution in [0.25, 0.3) is 0 Å². The van der Waals surface area contributed by atoms with E-state index in [2.05, 4.69) is 60.1 Å². The number of nitrogens with one attached hydrogen (secondary N) is 1. The van der Waals surface area contributed by atoms with Crippen molar-refractivity contribution in [2.45, 2.75) is 31.8 Å². The molecule has 2 heterocycles. The van der Waals surface area contributed by atoms with Gasteiger partial charge < -0.3 is 10.2 Å². The number of aryl methyl sites for hydroxylation is 1. The second kappa shape index (κ2) is 7.27. The van der Waals surface area contributed by atoms with E-state index in [0.717, 1.165) is 12.8 Å². The predicted molar refractivity (Wildman–Crippen MR) is 83.9 cm³/mol. The van der Waals surface area contributed by atoms with E-state index in [4.69, 9.17) is 0 Å². The largest absolute Gasteiger partial charge is 0.315 e. The lowest BCUT2D eigenvalue weighted by atomic mass is 10.0. The summed E-state index contributed by atoms with van der Waals surface area (Å²) >= 11 is 2.07. The third-order valence-corrected chi connectivity index (χ3v) is 5.05. The highest BCUT2D eigenvalue weighted by atomic mass is 32.2. The van der Waals surface area contributed by atoms with Gasteiger partial charge in [-0.15, -0.1) is 0 Å². The quantitative estimate of drug-likeness (QED) is 0.890. The summed E-state index contributed by atoms with van der Waals surface area (Å²) in [5.74, 6) is 2.47. The molecule has 1 aromatic heterocycles. The van der Waals surface area contributed by atoms with Crippen LogP contribution < -0.4 is 5.32 Å². The van der Waals surface area contributed by atoms with Gasteiger partial charge in [-0.25, -0.2) is 0 Å². The van der Waals surface area contributed by atoms with E-state index in [9.17, 15) is 0 Å². The standard InChI is InChI=1S/C15H25N3S/c1-4-12-5-6-13(17-10-12)9-14(16-2)15-11-19-8-7-18(15)3/h5-6,10,14-16H,4,7-9,11H2,1-3H3. The van der Waals surface area contributed by atoms with Gasteiger partial charge in [-0.3, -0.25) is 4.98 Å². The van der Waals surface area contributed by atoms with Crippen molar-refractivity contribution >= 4 is 11.8 Å². The van der Waals surface area contributed by atoms with Gasteiger partial charge in [0.1, 0.15) is 0 Å². The summed E-state index contributed by atoms with van der Waals surface area (Å²) in [7, 11) is 4.31. The maximum atomic E-state index is 4.59. The van der Waals surface area contributed by atoms with Gasteiger partial charge in [-0.05, 0) is 32.1 Å². The fourth-order valence-corrected chi connectivity index (χ4v) is 3.88. The second-order valence-electron chi connectivity index (χ2n) is 5.23. The zero-order chi connectivity index (χ0) is 13.7. The van der Waals surface area contributed by atoms with Crippen molar-refractivity contribution in [2.75, 3.05) is 32.1 Å². The number of thioether (sulfide) groups is 1. The Morgan fingerprint density at radius 1 is 1.53 bits per heavy atom. The van der Waals surface area contributed by atoms with Crippen LogP contribution in [0.15, 0.2) is 18.3 Å². The van der Waals surface area contributed by atoms with Crippen LogP contribution in [0.3, 0.4) is 0 Å². The van der Waals surface area contributed by atoms with Crippen LogP contribution in [0.1, 0.15) is 18.2 Å². The zero-order valence-corrected chi connectivity index (χ0v) is 13.0. The lowest BCUT2D eigenvalue weighted by Crippen LogP contribution is -2.52. The van der Waals surface area contributed by atoms with Gasteiger partial charge in [0.05, 0.1) is 0 Å². The normalized spacial score (nSPS) is 22.4. The van der Waals surface area contributed by atoms with E-state index in [-0.39, 0.29) is 0 Å². The SMILES string of the molecule is CCc1ccc(CC(NC)C2CSCCN2C)nc1. The van der Waals surface area contributed by atoms with E-state index in [1.54, 1.807) is 0 Å². The van der Waals surface area contributed by atoms with Crippen LogP contribution in [0.2, 0.25) is 0 Å². The Balaban J connectivity index is 2.00. The Hall–Kier alpha value is -0.580. The lowest BCUT2D eigenvalue weighted by Gasteiger charge is -2.37. The average molecular weight is 279 g/mol. The molecule has 1 aliphatic rings. The van der Waals surface area contributed by atoms with Crippen LogP contribution in [-0.2, 0) is 12.8 Å². The second-order valence-corrected chi connectivity index (χ2v) is 6.38. The molecule has 3 nitrogen and oxygen atoms in total. The first-order valence-corrected chi connectivity index (χ1v) is 8.29. The van der Waals surface area contributed by atoms with Gasteiger partial charge in [-0.1, -0.05) is 13.0 Å². The van der Waals surface area contributed by atoms with Crippen LogP contribution in [0.4, 0.5) is 0 Å². The van der Waals surface area contributed by atoms with Crippen LogP contribution in [0, 0.1) is 0 Å². The molecule has 1 aromatic rings. The fraction of sp³-hybridized carbons (Fsp3) is 0.667. The van der Waals surface area contributed by atoms with Crippen molar-refractivity contribution in [3.05, 3.63) is 29.6 Å². The number of aromatic nitrogens is 1. The van der Waals surface area contributed by atoms with Crippen molar-refractivity contribution in [2.24, 2.45) is 0 Å². The summed E-state index contributed by atoms with van der Waals surface area (Å²) in [6.07, 6.45) is 4.09.